The molecule has 0 amide bonds. The van der Waals surface area contributed by atoms with Gasteiger partial charge in [0.1, 0.15) is 89.7 Å². The molecule has 18 nitrogen and oxygen atoms in total. The molecule has 3 aromatic carbocycles. The molecule has 3 aromatic rings. The predicted molar refractivity (Wildman–Crippen MR) is 178 cm³/mol. The maximum atomic E-state index is 14.1. The molecule has 2 saturated heterocycles. The van der Waals surface area contributed by atoms with Crippen molar-refractivity contribution in [1.82, 2.24) is 0 Å². The van der Waals surface area contributed by atoms with Crippen LogP contribution in [0.2, 0.25) is 0 Å². The summed E-state index contributed by atoms with van der Waals surface area (Å²) >= 11 is 0. The van der Waals surface area contributed by atoms with Crippen LogP contribution in [0.25, 0.3) is 6.08 Å². The van der Waals surface area contributed by atoms with Gasteiger partial charge in [0.25, 0.3) is 0 Å². The Hall–Kier alpha value is -4.86. The first kappa shape index (κ1) is 38.9. The Morgan fingerprint density at radius 1 is 0.741 bits per heavy atom. The van der Waals surface area contributed by atoms with E-state index in [4.69, 9.17) is 28.4 Å². The number of benzene rings is 3. The minimum atomic E-state index is -1.95. The topological polar surface area (TPSA) is 292 Å². The summed E-state index contributed by atoms with van der Waals surface area (Å²) in [4.78, 5) is 26.5. The summed E-state index contributed by atoms with van der Waals surface area (Å²) in [5, 5.41) is 103. The molecule has 3 aliphatic rings. The van der Waals surface area contributed by atoms with Gasteiger partial charge in [-0.3, -0.25) is 4.79 Å². The third-order valence-electron chi connectivity index (χ3n) is 9.05. The Balaban J connectivity index is 1.22. The lowest BCUT2D eigenvalue weighted by Crippen LogP contribution is -2.60. The molecule has 0 bridgehead atoms. The highest BCUT2D eigenvalue weighted by Gasteiger charge is 2.50. The van der Waals surface area contributed by atoms with E-state index in [2.05, 4.69) is 0 Å². The van der Waals surface area contributed by atoms with E-state index < -0.39 is 110 Å². The number of ether oxygens (including phenoxy) is 6. The Labute approximate surface area is 305 Å². The molecule has 0 saturated carbocycles. The number of fused-ring (bicyclic) bond motifs is 1. The molecule has 3 heterocycles. The van der Waals surface area contributed by atoms with Crippen LogP contribution in [0, 0.1) is 0 Å². The van der Waals surface area contributed by atoms with Gasteiger partial charge in [0.05, 0.1) is 6.61 Å². The summed E-state index contributed by atoms with van der Waals surface area (Å²) in [7, 11) is 0. The molecular weight excluding hydrogens is 720 g/mol. The molecule has 0 aromatic heterocycles. The van der Waals surface area contributed by atoms with Gasteiger partial charge in [-0.15, -0.1) is 0 Å². The van der Waals surface area contributed by atoms with Gasteiger partial charge in [-0.25, -0.2) is 4.79 Å². The lowest BCUT2D eigenvalue weighted by atomic mass is 9.92. The van der Waals surface area contributed by atoms with E-state index in [0.29, 0.717) is 5.56 Å². The minimum Gasteiger partial charge on any atom is -0.508 e. The maximum absolute atomic E-state index is 14.1. The normalized spacial score (nSPS) is 32.5. The molecule has 12 unspecified atom stereocenters. The summed E-state index contributed by atoms with van der Waals surface area (Å²) < 4.78 is 33.9. The van der Waals surface area contributed by atoms with Gasteiger partial charge in [-0.1, -0.05) is 24.3 Å². The zero-order valence-corrected chi connectivity index (χ0v) is 28.0. The highest BCUT2D eigenvalue weighted by Crippen LogP contribution is 2.44. The molecule has 2 fully saturated rings. The first-order chi connectivity index (χ1) is 25.7. The fraction of sp³-hybridized carbons (Fsp3) is 0.389. The maximum Gasteiger partial charge on any atom is 0.330 e. The van der Waals surface area contributed by atoms with E-state index in [-0.39, 0.29) is 28.6 Å². The standard InChI is InChI=1S/C36H38O18/c37-13-22-26(42)29(45)31(47)35(52-22)50-19-11-20(40)25-21(12-19)51-33(16-4-8-18(39)9-5-16)34(28(25)44)54-36-32(48)30(46)27(43)23(53-36)14-49-24(41)10-3-15-1-6-17(38)7-2-15/h1-12,22-23,26-27,29-40,42-43,45-48H,13-14H2. The van der Waals surface area contributed by atoms with Crippen molar-refractivity contribution in [3.8, 4) is 28.7 Å². The number of esters is 1. The molecule has 0 radical (unpaired) electrons. The monoisotopic (exact) mass is 758 g/mol. The van der Waals surface area contributed by atoms with Crippen LogP contribution in [0.3, 0.4) is 0 Å². The summed E-state index contributed by atoms with van der Waals surface area (Å²) in [5.41, 5.74) is 0.389. The smallest absolute Gasteiger partial charge is 0.330 e. The third kappa shape index (κ3) is 8.12. The van der Waals surface area contributed by atoms with E-state index in [0.717, 1.165) is 18.2 Å². The number of aliphatic hydroxyl groups excluding tert-OH is 7. The molecule has 10 N–H and O–H groups in total. The van der Waals surface area contributed by atoms with E-state index in [1.807, 2.05) is 0 Å². The fourth-order valence-corrected chi connectivity index (χ4v) is 6.08. The first-order valence-corrected chi connectivity index (χ1v) is 16.6. The van der Waals surface area contributed by atoms with Crippen LogP contribution in [-0.4, -0.2) is 144 Å². The lowest BCUT2D eigenvalue weighted by molar-refractivity contribution is -0.312. The Bertz CT molecular complexity index is 1810. The van der Waals surface area contributed by atoms with Gasteiger partial charge in [0.2, 0.25) is 12.1 Å². The number of phenolic OH excluding ortho intramolecular Hbond substituents is 3. The van der Waals surface area contributed by atoms with Gasteiger partial charge in [0, 0.05) is 18.2 Å². The lowest BCUT2D eigenvalue weighted by Gasteiger charge is -2.42. The van der Waals surface area contributed by atoms with Crippen LogP contribution in [0.4, 0.5) is 0 Å². The number of Topliss-reactive ketones (excluding diaryl/α,β-unsaturated/α-hetero) is 1. The molecule has 54 heavy (non-hydrogen) atoms. The van der Waals surface area contributed by atoms with E-state index in [1.165, 1.54) is 42.5 Å². The third-order valence-corrected chi connectivity index (χ3v) is 9.05. The van der Waals surface area contributed by atoms with E-state index in [1.54, 1.807) is 12.1 Å². The van der Waals surface area contributed by atoms with Crippen molar-refractivity contribution in [2.24, 2.45) is 0 Å². The summed E-state index contributed by atoms with van der Waals surface area (Å²) in [6.45, 7) is -1.35. The fourth-order valence-electron chi connectivity index (χ4n) is 6.08. The van der Waals surface area contributed by atoms with Gasteiger partial charge in [-0.05, 0) is 41.5 Å². The second-order valence-electron chi connectivity index (χ2n) is 12.8. The van der Waals surface area contributed by atoms with Gasteiger partial charge in [0.15, 0.2) is 18.5 Å². The van der Waals surface area contributed by atoms with Crippen molar-refractivity contribution < 1.29 is 89.1 Å². The molecule has 290 valence electrons. The number of phenols is 3. The summed E-state index contributed by atoms with van der Waals surface area (Å²) in [6, 6.07) is 13.4. The first-order valence-electron chi connectivity index (χ1n) is 16.6. The number of carbonyl (C=O) groups excluding carboxylic acids is 2. The Morgan fingerprint density at radius 2 is 1.33 bits per heavy atom. The van der Waals surface area contributed by atoms with Crippen molar-refractivity contribution in [3.05, 3.63) is 83.4 Å². The van der Waals surface area contributed by atoms with Crippen LogP contribution in [-0.2, 0) is 23.7 Å². The number of aromatic hydroxyl groups is 3. The van der Waals surface area contributed by atoms with Crippen LogP contribution >= 0.6 is 0 Å². The number of aliphatic hydroxyl groups is 7. The number of rotatable bonds is 10. The highest BCUT2D eigenvalue weighted by atomic mass is 16.7. The SMILES string of the molecule is O=C(C=Cc1ccc(O)cc1)OCC1OC(OC2C(=O)c3c(O)cc(OC4OC(CO)C(O)C(O)C4O)cc3OC2c2ccc(O)cc2)C(O)C(O)C1O. The number of hydrogen-bond acceptors (Lipinski definition) is 18. The van der Waals surface area contributed by atoms with Crippen LogP contribution < -0.4 is 9.47 Å². The number of hydrogen-bond donors (Lipinski definition) is 10. The minimum absolute atomic E-state index is 0.0291. The second kappa shape index (κ2) is 16.2. The highest BCUT2D eigenvalue weighted by molar-refractivity contribution is 6.05. The second-order valence-corrected chi connectivity index (χ2v) is 12.8. The van der Waals surface area contributed by atoms with Crippen LogP contribution in [0.1, 0.15) is 27.6 Å². The Morgan fingerprint density at radius 3 is 1.98 bits per heavy atom. The van der Waals surface area contributed by atoms with Crippen LogP contribution in [0.15, 0.2) is 66.7 Å². The molecule has 18 heteroatoms. The van der Waals surface area contributed by atoms with Crippen molar-refractivity contribution in [3.63, 3.8) is 0 Å². The van der Waals surface area contributed by atoms with E-state index >= 15 is 0 Å². The summed E-state index contributed by atoms with van der Waals surface area (Å²) in [6.07, 6.45) is -17.7. The molecule has 0 aliphatic carbocycles. The van der Waals surface area contributed by atoms with Crippen molar-refractivity contribution >= 4 is 17.8 Å². The molecule has 12 atom stereocenters. The van der Waals surface area contributed by atoms with Crippen molar-refractivity contribution in [1.29, 1.82) is 0 Å². The molecule has 6 rings (SSSR count). The number of carbonyl (C=O) groups is 2. The van der Waals surface area contributed by atoms with Crippen molar-refractivity contribution in [2.45, 2.75) is 73.6 Å². The van der Waals surface area contributed by atoms with E-state index in [9.17, 15) is 60.7 Å². The molecule has 3 aliphatic heterocycles. The average molecular weight is 759 g/mol. The number of ketones is 1. The Kier molecular flexibility index (Phi) is 11.7. The van der Waals surface area contributed by atoms with Gasteiger partial charge >= 0.3 is 5.97 Å². The van der Waals surface area contributed by atoms with Crippen LogP contribution in [0.5, 0.6) is 28.7 Å². The van der Waals surface area contributed by atoms with Gasteiger partial charge in [-0.2, -0.15) is 0 Å². The zero-order chi connectivity index (χ0) is 38.8. The predicted octanol–water partition coefficient (Wildman–Crippen LogP) is -1.25. The zero-order valence-electron chi connectivity index (χ0n) is 28.0. The average Bonchev–Trinajstić information content (AvgIpc) is 3.15. The largest absolute Gasteiger partial charge is 0.508 e. The quantitative estimate of drug-likeness (QED) is 0.0853. The van der Waals surface area contributed by atoms with Crippen molar-refractivity contribution in [2.75, 3.05) is 13.2 Å². The molecular formula is C36H38O18. The van der Waals surface area contributed by atoms with Gasteiger partial charge < -0.3 is 79.5 Å². The molecule has 0 spiro atoms. The summed E-state index contributed by atoms with van der Waals surface area (Å²) in [5.74, 6) is -3.08.